The van der Waals surface area contributed by atoms with Gasteiger partial charge in [-0.05, 0) is 43.2 Å². The summed E-state index contributed by atoms with van der Waals surface area (Å²) in [6, 6.07) is 6.59. The molecule has 0 spiro atoms. The van der Waals surface area contributed by atoms with Crippen molar-refractivity contribution in [1.29, 1.82) is 0 Å². The number of halogens is 6. The first kappa shape index (κ1) is 29.0. The second-order valence-electron chi connectivity index (χ2n) is 8.21. The van der Waals surface area contributed by atoms with Gasteiger partial charge in [-0.25, -0.2) is 4.79 Å². The lowest BCUT2D eigenvalue weighted by molar-refractivity contribution is -0.190. The smallest absolute Gasteiger partial charge is 0.412 e. The number of benzene rings is 1. The van der Waals surface area contributed by atoms with Gasteiger partial charge < -0.3 is 14.6 Å². The molecule has 0 saturated carbocycles. The summed E-state index contributed by atoms with van der Waals surface area (Å²) in [6.07, 6.45) is -8.80. The van der Waals surface area contributed by atoms with Crippen LogP contribution in [0.15, 0.2) is 59.7 Å². The van der Waals surface area contributed by atoms with Crippen molar-refractivity contribution in [2.24, 2.45) is 5.41 Å². The highest BCUT2D eigenvalue weighted by Crippen LogP contribution is 2.48. The van der Waals surface area contributed by atoms with Gasteiger partial charge in [0.2, 0.25) is 0 Å². The number of carboxylic acid groups (broad SMARTS) is 1. The van der Waals surface area contributed by atoms with Crippen LogP contribution in [-0.4, -0.2) is 42.7 Å². The van der Waals surface area contributed by atoms with Crippen LogP contribution in [0.25, 0.3) is 0 Å². The van der Waals surface area contributed by atoms with Crippen molar-refractivity contribution in [3.05, 3.63) is 65.3 Å². The number of carboxylic acids is 1. The summed E-state index contributed by atoms with van der Waals surface area (Å²) in [4.78, 5) is 11.4. The Hall–Kier alpha value is -3.19. The van der Waals surface area contributed by atoms with Crippen LogP contribution >= 0.6 is 0 Å². The molecule has 2 unspecified atom stereocenters. The van der Waals surface area contributed by atoms with Gasteiger partial charge in [0.25, 0.3) is 0 Å². The van der Waals surface area contributed by atoms with E-state index in [-0.39, 0.29) is 18.8 Å². The van der Waals surface area contributed by atoms with E-state index in [0.717, 1.165) is 6.08 Å². The van der Waals surface area contributed by atoms with Crippen LogP contribution in [0.2, 0.25) is 0 Å². The third-order valence-corrected chi connectivity index (χ3v) is 5.59. The molecule has 1 aliphatic carbocycles. The van der Waals surface area contributed by atoms with E-state index >= 15 is 0 Å². The number of hydrogen-bond donors (Lipinski definition) is 1. The van der Waals surface area contributed by atoms with Gasteiger partial charge in [0, 0.05) is 24.5 Å². The summed E-state index contributed by atoms with van der Waals surface area (Å²) >= 11 is 0. The second kappa shape index (κ2) is 11.7. The normalized spacial score (nSPS) is 20.1. The first-order chi connectivity index (χ1) is 16.7. The van der Waals surface area contributed by atoms with E-state index in [1.165, 1.54) is 13.0 Å². The predicted octanol–water partition coefficient (Wildman–Crippen LogP) is 6.61. The van der Waals surface area contributed by atoms with Crippen LogP contribution in [0.4, 0.5) is 26.3 Å². The first-order valence-electron chi connectivity index (χ1n) is 11.0. The topological polar surface area (TPSA) is 55.8 Å². The summed E-state index contributed by atoms with van der Waals surface area (Å²) < 4.78 is 90.8. The maximum Gasteiger partial charge on any atom is 0.412 e. The number of alkyl halides is 6. The fourth-order valence-electron chi connectivity index (χ4n) is 3.47. The molecule has 2 rings (SSSR count). The molecule has 196 valence electrons. The summed E-state index contributed by atoms with van der Waals surface area (Å²) in [6.45, 7) is 5.05. The molecule has 0 fully saturated rings. The third-order valence-electron chi connectivity index (χ3n) is 5.59. The molecule has 0 aromatic heterocycles. The fraction of sp³-hybridized carbons (Fsp3) is 0.423. The van der Waals surface area contributed by atoms with Crippen molar-refractivity contribution >= 4 is 5.97 Å². The van der Waals surface area contributed by atoms with Crippen molar-refractivity contribution in [2.45, 2.75) is 51.6 Å². The van der Waals surface area contributed by atoms with Crippen molar-refractivity contribution in [3.8, 4) is 17.6 Å². The molecule has 4 nitrogen and oxygen atoms in total. The van der Waals surface area contributed by atoms with E-state index in [0.29, 0.717) is 23.5 Å². The largest absolute Gasteiger partial charge is 0.490 e. The van der Waals surface area contributed by atoms with Crippen LogP contribution in [-0.2, 0) is 9.53 Å². The van der Waals surface area contributed by atoms with Crippen molar-refractivity contribution < 1.29 is 45.7 Å². The highest BCUT2D eigenvalue weighted by Gasteiger charge is 2.55. The number of hydrogen-bond acceptors (Lipinski definition) is 3. The molecule has 0 amide bonds. The van der Waals surface area contributed by atoms with Gasteiger partial charge in [-0.2, -0.15) is 26.3 Å². The van der Waals surface area contributed by atoms with Gasteiger partial charge >= 0.3 is 18.3 Å². The molecule has 0 bridgehead atoms. The Morgan fingerprint density at radius 2 is 1.83 bits per heavy atom. The Balaban J connectivity index is 2.08. The molecule has 1 aromatic rings. The van der Waals surface area contributed by atoms with Gasteiger partial charge in [-0.1, -0.05) is 49.1 Å². The van der Waals surface area contributed by atoms with Crippen molar-refractivity contribution in [3.63, 3.8) is 0 Å². The molecule has 1 N–H and O–H groups in total. The van der Waals surface area contributed by atoms with Crippen LogP contribution in [0.5, 0.6) is 5.75 Å². The molecule has 1 aliphatic rings. The lowest BCUT2D eigenvalue weighted by Crippen LogP contribution is -2.38. The zero-order chi connectivity index (χ0) is 27.1. The van der Waals surface area contributed by atoms with Gasteiger partial charge in [0.15, 0.2) is 6.10 Å². The summed E-state index contributed by atoms with van der Waals surface area (Å²) in [7, 11) is 0. The standard InChI is InChI=1S/C26H26F6O4/c1-4-35-22(23(33)34)18(3)19-7-9-21(10-8-19)36-15-12-17(2)11-14-24(26(30,31)32)13-5-6-20(16-24)25(27,28)29/h5-10,12-13,18,22H,4,15-16H2,1-3H3,(H,33,34)/b17-12+/t18?,22-,24?/m0/s1. The minimum absolute atomic E-state index is 0.0470. The summed E-state index contributed by atoms with van der Waals surface area (Å²) in [5.41, 5.74) is -3.33. The quantitative estimate of drug-likeness (QED) is 0.312. The van der Waals surface area contributed by atoms with E-state index < -0.39 is 47.8 Å². The molecule has 0 aliphatic heterocycles. The van der Waals surface area contributed by atoms with E-state index in [1.807, 2.05) is 5.92 Å². The fourth-order valence-corrected chi connectivity index (χ4v) is 3.47. The molecular weight excluding hydrogens is 490 g/mol. The molecule has 1 aromatic carbocycles. The van der Waals surface area contributed by atoms with Crippen LogP contribution in [0.3, 0.4) is 0 Å². The van der Waals surface area contributed by atoms with E-state index in [9.17, 15) is 36.2 Å². The Morgan fingerprint density at radius 3 is 2.36 bits per heavy atom. The molecule has 3 atom stereocenters. The number of aliphatic carboxylic acids is 1. The first-order valence-corrected chi connectivity index (χ1v) is 11.0. The van der Waals surface area contributed by atoms with E-state index in [2.05, 4.69) is 5.92 Å². The average molecular weight is 516 g/mol. The molecule has 0 radical (unpaired) electrons. The SMILES string of the molecule is CCO[C@H](C(=O)O)C(C)c1ccc(OC/C=C(\C)C#CC2(C(F)(F)F)C=CC=C(C(F)(F)F)C2)cc1. The van der Waals surface area contributed by atoms with E-state index in [1.54, 1.807) is 38.1 Å². The highest BCUT2D eigenvalue weighted by atomic mass is 19.4. The van der Waals surface area contributed by atoms with E-state index in [4.69, 9.17) is 9.47 Å². The molecule has 10 heteroatoms. The Kier molecular flexibility index (Phi) is 9.44. The van der Waals surface area contributed by atoms with Gasteiger partial charge in [0.1, 0.15) is 17.8 Å². The van der Waals surface area contributed by atoms with Crippen LogP contribution in [0, 0.1) is 17.3 Å². The van der Waals surface area contributed by atoms with Crippen LogP contribution in [0.1, 0.15) is 38.7 Å². The third kappa shape index (κ3) is 7.40. The zero-order valence-electron chi connectivity index (χ0n) is 19.8. The van der Waals surface area contributed by atoms with Crippen molar-refractivity contribution in [1.82, 2.24) is 0 Å². The van der Waals surface area contributed by atoms with Crippen LogP contribution < -0.4 is 4.74 Å². The molecule has 0 saturated heterocycles. The number of carbonyl (C=O) groups is 1. The minimum atomic E-state index is -5.00. The lowest BCUT2D eigenvalue weighted by Gasteiger charge is -2.31. The zero-order valence-corrected chi connectivity index (χ0v) is 19.8. The Bertz CT molecular complexity index is 1070. The van der Waals surface area contributed by atoms with Gasteiger partial charge in [-0.3, -0.25) is 0 Å². The van der Waals surface area contributed by atoms with Gasteiger partial charge in [-0.15, -0.1) is 0 Å². The maximum atomic E-state index is 13.7. The summed E-state index contributed by atoms with van der Waals surface area (Å²) in [5.74, 6) is 3.23. The predicted molar refractivity (Wildman–Crippen MR) is 121 cm³/mol. The van der Waals surface area contributed by atoms with Crippen molar-refractivity contribution in [2.75, 3.05) is 13.2 Å². The lowest BCUT2D eigenvalue weighted by atomic mass is 9.77. The number of ether oxygens (including phenoxy) is 2. The second-order valence-corrected chi connectivity index (χ2v) is 8.21. The minimum Gasteiger partial charge on any atom is -0.490 e. The maximum absolute atomic E-state index is 13.7. The summed E-state index contributed by atoms with van der Waals surface area (Å²) in [5, 5.41) is 9.31. The molecule has 36 heavy (non-hydrogen) atoms. The number of rotatable bonds is 8. The molecular formula is C26H26F6O4. The monoisotopic (exact) mass is 516 g/mol. The Labute approximate surface area is 205 Å². The highest BCUT2D eigenvalue weighted by molar-refractivity contribution is 5.73. The Morgan fingerprint density at radius 1 is 1.19 bits per heavy atom. The number of allylic oxidation sites excluding steroid dienone is 5. The molecule has 0 heterocycles. The average Bonchev–Trinajstić information content (AvgIpc) is 2.80. The van der Waals surface area contributed by atoms with Gasteiger partial charge in [0.05, 0.1) is 0 Å².